The second-order valence-corrected chi connectivity index (χ2v) is 4.48. The number of aryl methyl sites for hydroxylation is 1. The van der Waals surface area contributed by atoms with Crippen molar-refractivity contribution >= 4 is 5.91 Å². The Morgan fingerprint density at radius 1 is 1.78 bits per heavy atom. The minimum absolute atomic E-state index is 0.185. The van der Waals surface area contributed by atoms with Crippen LogP contribution in [0.5, 0.6) is 0 Å². The summed E-state index contributed by atoms with van der Waals surface area (Å²) in [5, 5.41) is 3.18. The van der Waals surface area contributed by atoms with E-state index in [-0.39, 0.29) is 12.0 Å². The predicted molar refractivity (Wildman–Crippen MR) is 66.8 cm³/mol. The fourth-order valence-electron chi connectivity index (χ4n) is 2.24. The van der Waals surface area contributed by atoms with E-state index in [2.05, 4.69) is 10.3 Å². The molecule has 1 saturated heterocycles. The van der Waals surface area contributed by atoms with Gasteiger partial charge in [0.1, 0.15) is 6.04 Å². The summed E-state index contributed by atoms with van der Waals surface area (Å²) in [6.07, 6.45) is 5.69. The van der Waals surface area contributed by atoms with E-state index in [4.69, 9.17) is 10.5 Å². The number of rotatable bonds is 6. The molecule has 0 saturated carbocycles. The molecule has 2 unspecified atom stereocenters. The number of nitrogens with zero attached hydrogens (tertiary/aromatic N) is 2. The van der Waals surface area contributed by atoms with Crippen LogP contribution >= 0.6 is 0 Å². The Balaban J connectivity index is 2.01. The molecule has 1 amide bonds. The van der Waals surface area contributed by atoms with Crippen molar-refractivity contribution in [1.82, 2.24) is 14.9 Å². The standard InChI is InChI=1S/C12H20N4O2/c1-2-16-8-14-7-10(16)11(12(13)17)15-6-9-4-3-5-18-9/h7-9,11,15H,2-6H2,1H3,(H2,13,17). The van der Waals surface area contributed by atoms with Crippen LogP contribution in [0.3, 0.4) is 0 Å². The number of hydrogen-bond donors (Lipinski definition) is 2. The number of aromatic nitrogens is 2. The zero-order chi connectivity index (χ0) is 13.0. The van der Waals surface area contributed by atoms with Gasteiger partial charge >= 0.3 is 0 Å². The normalized spacial score (nSPS) is 21.1. The van der Waals surface area contributed by atoms with Crippen LogP contribution in [0.25, 0.3) is 0 Å². The minimum Gasteiger partial charge on any atom is -0.377 e. The Hall–Kier alpha value is -1.40. The fraction of sp³-hybridized carbons (Fsp3) is 0.667. The first-order chi connectivity index (χ1) is 8.72. The maximum atomic E-state index is 11.5. The summed E-state index contributed by atoms with van der Waals surface area (Å²) in [5.74, 6) is -0.386. The first kappa shape index (κ1) is 13.0. The zero-order valence-corrected chi connectivity index (χ0v) is 10.6. The van der Waals surface area contributed by atoms with Gasteiger partial charge in [0.25, 0.3) is 0 Å². The zero-order valence-electron chi connectivity index (χ0n) is 10.6. The molecular formula is C12H20N4O2. The van der Waals surface area contributed by atoms with E-state index in [0.29, 0.717) is 6.54 Å². The molecule has 0 radical (unpaired) electrons. The van der Waals surface area contributed by atoms with Crippen LogP contribution in [0.2, 0.25) is 0 Å². The number of nitrogens with two attached hydrogens (primary N) is 1. The predicted octanol–water partition coefficient (Wildman–Crippen LogP) is 0.198. The maximum absolute atomic E-state index is 11.5. The molecule has 1 fully saturated rings. The second-order valence-electron chi connectivity index (χ2n) is 4.48. The van der Waals surface area contributed by atoms with Crippen LogP contribution in [0, 0.1) is 0 Å². The van der Waals surface area contributed by atoms with Crippen molar-refractivity contribution in [2.24, 2.45) is 5.73 Å². The molecule has 0 aliphatic carbocycles. The molecule has 2 atom stereocenters. The van der Waals surface area contributed by atoms with E-state index in [1.807, 2.05) is 11.5 Å². The topological polar surface area (TPSA) is 82.2 Å². The van der Waals surface area contributed by atoms with Gasteiger partial charge in [-0.15, -0.1) is 0 Å². The minimum atomic E-state index is -0.503. The summed E-state index contributed by atoms with van der Waals surface area (Å²) in [7, 11) is 0. The highest BCUT2D eigenvalue weighted by Crippen LogP contribution is 2.15. The molecule has 1 aliphatic rings. The van der Waals surface area contributed by atoms with Gasteiger partial charge in [-0.25, -0.2) is 4.98 Å². The van der Waals surface area contributed by atoms with E-state index in [1.54, 1.807) is 12.5 Å². The molecule has 1 aromatic heterocycles. The van der Waals surface area contributed by atoms with Crippen molar-refractivity contribution in [1.29, 1.82) is 0 Å². The summed E-state index contributed by atoms with van der Waals surface area (Å²) < 4.78 is 7.43. The molecule has 2 rings (SSSR count). The van der Waals surface area contributed by atoms with Gasteiger partial charge in [-0.1, -0.05) is 0 Å². The number of hydrogen-bond acceptors (Lipinski definition) is 4. The van der Waals surface area contributed by atoms with Crippen LogP contribution in [-0.4, -0.2) is 34.7 Å². The molecule has 2 heterocycles. The van der Waals surface area contributed by atoms with Gasteiger partial charge < -0.3 is 15.0 Å². The Kier molecular flexibility index (Phi) is 4.33. The van der Waals surface area contributed by atoms with Crippen LogP contribution in [0.4, 0.5) is 0 Å². The lowest BCUT2D eigenvalue weighted by atomic mass is 10.1. The molecule has 1 aliphatic heterocycles. The molecular weight excluding hydrogens is 232 g/mol. The van der Waals surface area contributed by atoms with Crippen molar-refractivity contribution in [3.05, 3.63) is 18.2 Å². The highest BCUT2D eigenvalue weighted by Gasteiger charge is 2.23. The highest BCUT2D eigenvalue weighted by atomic mass is 16.5. The number of primary amides is 1. The van der Waals surface area contributed by atoms with Crippen LogP contribution < -0.4 is 11.1 Å². The average Bonchev–Trinajstić information content (AvgIpc) is 2.99. The lowest BCUT2D eigenvalue weighted by Crippen LogP contribution is -2.38. The third-order valence-corrected chi connectivity index (χ3v) is 3.24. The number of imidazole rings is 1. The van der Waals surface area contributed by atoms with Crippen molar-refractivity contribution < 1.29 is 9.53 Å². The molecule has 18 heavy (non-hydrogen) atoms. The lowest BCUT2D eigenvalue weighted by molar-refractivity contribution is -0.120. The van der Waals surface area contributed by atoms with E-state index in [9.17, 15) is 4.79 Å². The van der Waals surface area contributed by atoms with Crippen LogP contribution in [0.15, 0.2) is 12.5 Å². The first-order valence-corrected chi connectivity index (χ1v) is 6.36. The molecule has 0 aromatic carbocycles. The third kappa shape index (κ3) is 2.88. The Bertz CT molecular complexity index is 399. The summed E-state index contributed by atoms with van der Waals surface area (Å²) in [6.45, 7) is 4.22. The summed E-state index contributed by atoms with van der Waals surface area (Å²) in [4.78, 5) is 15.6. The number of nitrogens with one attached hydrogen (secondary N) is 1. The van der Waals surface area contributed by atoms with E-state index < -0.39 is 6.04 Å². The Labute approximate surface area is 107 Å². The van der Waals surface area contributed by atoms with Gasteiger partial charge in [0.15, 0.2) is 0 Å². The molecule has 3 N–H and O–H groups in total. The van der Waals surface area contributed by atoms with Gasteiger partial charge in [0.2, 0.25) is 5.91 Å². The van der Waals surface area contributed by atoms with Gasteiger partial charge in [-0.2, -0.15) is 0 Å². The highest BCUT2D eigenvalue weighted by molar-refractivity contribution is 5.80. The molecule has 6 heteroatoms. The van der Waals surface area contributed by atoms with E-state index >= 15 is 0 Å². The molecule has 100 valence electrons. The maximum Gasteiger partial charge on any atom is 0.240 e. The molecule has 0 spiro atoms. The SMILES string of the molecule is CCn1cncc1C(NCC1CCCO1)C(N)=O. The van der Waals surface area contributed by atoms with E-state index in [0.717, 1.165) is 31.7 Å². The van der Waals surface area contributed by atoms with Gasteiger partial charge in [-0.3, -0.25) is 10.1 Å². The van der Waals surface area contributed by atoms with Crippen LogP contribution in [-0.2, 0) is 16.1 Å². The van der Waals surface area contributed by atoms with Crippen molar-refractivity contribution in [3.63, 3.8) is 0 Å². The third-order valence-electron chi connectivity index (χ3n) is 3.24. The summed E-state index contributed by atoms with van der Waals surface area (Å²) >= 11 is 0. The number of ether oxygens (including phenoxy) is 1. The first-order valence-electron chi connectivity index (χ1n) is 6.36. The molecule has 6 nitrogen and oxygen atoms in total. The fourth-order valence-corrected chi connectivity index (χ4v) is 2.24. The quantitative estimate of drug-likeness (QED) is 0.757. The largest absolute Gasteiger partial charge is 0.377 e. The Morgan fingerprint density at radius 3 is 3.22 bits per heavy atom. The second kappa shape index (κ2) is 5.97. The van der Waals surface area contributed by atoms with Gasteiger partial charge in [0.05, 0.1) is 24.3 Å². The molecule has 0 bridgehead atoms. The van der Waals surface area contributed by atoms with Crippen LogP contribution in [0.1, 0.15) is 31.5 Å². The number of amides is 1. The van der Waals surface area contributed by atoms with Crippen molar-refractivity contribution in [3.8, 4) is 0 Å². The van der Waals surface area contributed by atoms with Crippen molar-refractivity contribution in [2.45, 2.75) is 38.5 Å². The van der Waals surface area contributed by atoms with Crippen molar-refractivity contribution in [2.75, 3.05) is 13.2 Å². The Morgan fingerprint density at radius 2 is 2.61 bits per heavy atom. The molecule has 1 aromatic rings. The lowest BCUT2D eigenvalue weighted by Gasteiger charge is -2.19. The summed E-state index contributed by atoms with van der Waals surface area (Å²) in [6, 6.07) is -0.503. The van der Waals surface area contributed by atoms with Gasteiger partial charge in [-0.05, 0) is 19.8 Å². The number of carbonyl (C=O) groups is 1. The smallest absolute Gasteiger partial charge is 0.240 e. The van der Waals surface area contributed by atoms with Gasteiger partial charge in [0, 0.05) is 19.7 Å². The number of carbonyl (C=O) groups excluding carboxylic acids is 1. The average molecular weight is 252 g/mol. The summed E-state index contributed by atoms with van der Waals surface area (Å²) in [5.41, 5.74) is 6.26. The monoisotopic (exact) mass is 252 g/mol. The van der Waals surface area contributed by atoms with E-state index in [1.165, 1.54) is 0 Å².